The van der Waals surface area contributed by atoms with Crippen LogP contribution >= 0.6 is 0 Å². The molecule has 49 heavy (non-hydrogen) atoms. The molecule has 4 rings (SSSR count). The molecule has 3 N–H and O–H groups in total. The second-order valence-electron chi connectivity index (χ2n) is 12.4. The number of hydrogen-bond donors (Lipinski definition) is 3. The molecule has 0 spiro atoms. The van der Waals surface area contributed by atoms with Crippen LogP contribution in [-0.2, 0) is 14.8 Å². The van der Waals surface area contributed by atoms with Crippen molar-refractivity contribution in [2.75, 3.05) is 51.1 Å². The molecule has 4 atom stereocenters. The first-order valence-corrected chi connectivity index (χ1v) is 17.9. The van der Waals surface area contributed by atoms with Gasteiger partial charge in [-0.3, -0.25) is 4.79 Å². The molecule has 13 heteroatoms. The molecule has 0 fully saturated rings. The number of benzene rings is 3. The van der Waals surface area contributed by atoms with Crippen molar-refractivity contribution in [1.29, 1.82) is 0 Å². The van der Waals surface area contributed by atoms with Crippen LogP contribution < -0.4 is 20.1 Å². The number of nitrogens with zero attached hydrogens (tertiary/aromatic N) is 2. The zero-order chi connectivity index (χ0) is 35.6. The second-order valence-corrected chi connectivity index (χ2v) is 14.5. The lowest BCUT2D eigenvalue weighted by molar-refractivity contribution is -0.00833. The van der Waals surface area contributed by atoms with Crippen LogP contribution in [0.2, 0.25) is 0 Å². The fourth-order valence-corrected chi connectivity index (χ4v) is 6.76. The van der Waals surface area contributed by atoms with Crippen molar-refractivity contribution in [2.45, 2.75) is 63.2 Å². The van der Waals surface area contributed by atoms with Crippen molar-refractivity contribution in [3.63, 3.8) is 0 Å². The number of nitrogens with one attached hydrogen (secondary N) is 2. The Hall–Kier alpha value is -4.17. The standard InChI is InChI=1S/C36H48N4O8S/c1-25-22-40(26(2)24-41)35(42)32-21-29(38-36(43)37-28-14-17-30(46-5)18-15-28)16-19-33(32)48-27(3)11-9-10-20-47-34(25)23-39(4)49(44,45)31-12-7-6-8-13-31/h6-8,12-19,21,25-27,34,41H,9-11,20,22-24H2,1-5H3,(H2,37,38,43)/t25-,26+,27+,34-/m0/s1. The maximum Gasteiger partial charge on any atom is 0.323 e. The lowest BCUT2D eigenvalue weighted by atomic mass is 10.0. The minimum absolute atomic E-state index is 0.0708. The molecule has 12 nitrogen and oxygen atoms in total. The fourth-order valence-electron chi connectivity index (χ4n) is 5.55. The van der Waals surface area contributed by atoms with Gasteiger partial charge >= 0.3 is 6.03 Å². The molecule has 3 aromatic rings. The van der Waals surface area contributed by atoms with E-state index in [1.165, 1.54) is 11.4 Å². The quantitative estimate of drug-likeness (QED) is 0.268. The summed E-state index contributed by atoms with van der Waals surface area (Å²) in [6.45, 7) is 5.91. The number of likely N-dealkylation sites (N-methyl/N-ethyl adjacent to an activating group) is 1. The Balaban J connectivity index is 1.61. The first-order valence-electron chi connectivity index (χ1n) is 16.5. The minimum atomic E-state index is -3.78. The molecule has 0 unspecified atom stereocenters. The Morgan fingerprint density at radius 1 is 1.04 bits per heavy atom. The number of rotatable bonds is 9. The zero-order valence-electron chi connectivity index (χ0n) is 28.8. The predicted octanol–water partition coefficient (Wildman–Crippen LogP) is 5.46. The van der Waals surface area contributed by atoms with E-state index >= 15 is 0 Å². The Labute approximate surface area is 289 Å². The first-order chi connectivity index (χ1) is 23.4. The third kappa shape index (κ3) is 10.2. The number of sulfonamides is 1. The van der Waals surface area contributed by atoms with Crippen molar-refractivity contribution in [2.24, 2.45) is 5.92 Å². The topological polar surface area (TPSA) is 147 Å². The van der Waals surface area contributed by atoms with Gasteiger partial charge in [-0.05, 0) is 87.7 Å². The van der Waals surface area contributed by atoms with E-state index in [1.54, 1.807) is 91.7 Å². The molecule has 3 amide bonds. The van der Waals surface area contributed by atoms with Crippen LogP contribution in [0.5, 0.6) is 11.5 Å². The Kier molecular flexibility index (Phi) is 13.4. The molecule has 0 aromatic heterocycles. The van der Waals surface area contributed by atoms with Crippen LogP contribution in [0, 0.1) is 5.92 Å². The van der Waals surface area contributed by atoms with Gasteiger partial charge < -0.3 is 34.9 Å². The van der Waals surface area contributed by atoms with Gasteiger partial charge in [0.15, 0.2) is 0 Å². The lowest BCUT2D eigenvalue weighted by Gasteiger charge is -2.35. The van der Waals surface area contributed by atoms with E-state index in [4.69, 9.17) is 14.2 Å². The summed E-state index contributed by atoms with van der Waals surface area (Å²) in [5, 5.41) is 15.8. The summed E-state index contributed by atoms with van der Waals surface area (Å²) in [6.07, 6.45) is 1.45. The van der Waals surface area contributed by atoms with Gasteiger partial charge in [-0.2, -0.15) is 4.31 Å². The summed E-state index contributed by atoms with van der Waals surface area (Å²) < 4.78 is 45.8. The van der Waals surface area contributed by atoms with Crippen molar-refractivity contribution in [1.82, 2.24) is 9.21 Å². The number of fused-ring (bicyclic) bond motifs is 1. The largest absolute Gasteiger partial charge is 0.497 e. The molecule has 0 radical (unpaired) electrons. The van der Waals surface area contributed by atoms with E-state index in [-0.39, 0.29) is 42.2 Å². The maximum atomic E-state index is 14.4. The second kappa shape index (κ2) is 17.5. The average Bonchev–Trinajstić information content (AvgIpc) is 3.10. The molecular formula is C36H48N4O8S. The van der Waals surface area contributed by atoms with Crippen molar-refractivity contribution < 1.29 is 37.3 Å². The van der Waals surface area contributed by atoms with E-state index in [9.17, 15) is 23.1 Å². The van der Waals surface area contributed by atoms with Crippen LogP contribution in [0.25, 0.3) is 0 Å². The summed E-state index contributed by atoms with van der Waals surface area (Å²) in [6, 6.07) is 18.9. The number of carbonyl (C=O) groups excluding carboxylic acids is 2. The highest BCUT2D eigenvalue weighted by Crippen LogP contribution is 2.29. The highest BCUT2D eigenvalue weighted by atomic mass is 32.2. The normalized spacial score (nSPS) is 20.0. The van der Waals surface area contributed by atoms with Gasteiger partial charge in [-0.1, -0.05) is 25.1 Å². The minimum Gasteiger partial charge on any atom is -0.497 e. The molecule has 1 aliphatic rings. The van der Waals surface area contributed by atoms with E-state index in [0.717, 1.165) is 12.8 Å². The SMILES string of the molecule is COc1ccc(NC(=O)Nc2ccc3c(c2)C(=O)N([C@H](C)CO)C[C@H](C)[C@H](CN(C)S(=O)(=O)c2ccccc2)OCCCC[C@@H](C)O3)cc1. The summed E-state index contributed by atoms with van der Waals surface area (Å²) in [7, 11) is -0.697. The van der Waals surface area contributed by atoms with Crippen LogP contribution in [0.15, 0.2) is 77.7 Å². The summed E-state index contributed by atoms with van der Waals surface area (Å²) in [5.74, 6) is 0.285. The van der Waals surface area contributed by atoms with E-state index < -0.39 is 34.1 Å². The summed E-state index contributed by atoms with van der Waals surface area (Å²) in [4.78, 5) is 29.0. The first kappa shape index (κ1) is 37.6. The van der Waals surface area contributed by atoms with Crippen LogP contribution in [0.1, 0.15) is 50.4 Å². The zero-order valence-corrected chi connectivity index (χ0v) is 29.6. The van der Waals surface area contributed by atoms with Gasteiger partial charge in [0.25, 0.3) is 5.91 Å². The molecule has 0 saturated carbocycles. The number of hydrogen-bond acceptors (Lipinski definition) is 8. The number of carbonyl (C=O) groups is 2. The number of aliphatic hydroxyl groups is 1. The van der Waals surface area contributed by atoms with E-state index in [2.05, 4.69) is 10.6 Å². The molecule has 0 aliphatic carbocycles. The molecule has 1 aliphatic heterocycles. The van der Waals surface area contributed by atoms with Gasteiger partial charge in [0.05, 0.1) is 42.4 Å². The molecule has 1 heterocycles. The van der Waals surface area contributed by atoms with Gasteiger partial charge in [0.1, 0.15) is 11.5 Å². The van der Waals surface area contributed by atoms with Gasteiger partial charge in [-0.15, -0.1) is 0 Å². The van der Waals surface area contributed by atoms with Gasteiger partial charge in [0, 0.05) is 44.0 Å². The van der Waals surface area contributed by atoms with Gasteiger partial charge in [0.2, 0.25) is 10.0 Å². The van der Waals surface area contributed by atoms with E-state index in [0.29, 0.717) is 35.9 Å². The highest BCUT2D eigenvalue weighted by molar-refractivity contribution is 7.89. The third-order valence-corrected chi connectivity index (χ3v) is 10.4. The number of aliphatic hydroxyl groups excluding tert-OH is 1. The van der Waals surface area contributed by atoms with E-state index in [1.807, 2.05) is 13.8 Å². The number of urea groups is 1. The Morgan fingerprint density at radius 3 is 2.39 bits per heavy atom. The molecule has 266 valence electrons. The fraction of sp³-hybridized carbons (Fsp3) is 0.444. The molecule has 0 bridgehead atoms. The van der Waals surface area contributed by atoms with Gasteiger partial charge in [-0.25, -0.2) is 13.2 Å². The smallest absolute Gasteiger partial charge is 0.323 e. The van der Waals surface area contributed by atoms with Crippen LogP contribution in [0.3, 0.4) is 0 Å². The van der Waals surface area contributed by atoms with Crippen LogP contribution in [0.4, 0.5) is 16.2 Å². The maximum absolute atomic E-state index is 14.4. The number of ether oxygens (including phenoxy) is 3. The van der Waals surface area contributed by atoms with Crippen molar-refractivity contribution in [3.05, 3.63) is 78.4 Å². The molecule has 3 aromatic carbocycles. The summed E-state index contributed by atoms with van der Waals surface area (Å²) in [5.41, 5.74) is 1.15. The lowest BCUT2D eigenvalue weighted by Crippen LogP contribution is -2.48. The third-order valence-electron chi connectivity index (χ3n) is 8.55. The Morgan fingerprint density at radius 2 is 1.71 bits per heavy atom. The highest BCUT2D eigenvalue weighted by Gasteiger charge is 2.32. The number of amides is 3. The number of methoxy groups -OCH3 is 1. The van der Waals surface area contributed by atoms with Crippen molar-refractivity contribution in [3.8, 4) is 11.5 Å². The van der Waals surface area contributed by atoms with Crippen LogP contribution in [-0.4, -0.2) is 93.4 Å². The average molecular weight is 697 g/mol. The predicted molar refractivity (Wildman–Crippen MR) is 189 cm³/mol. The Bertz CT molecular complexity index is 1640. The number of anilines is 2. The molecular weight excluding hydrogens is 648 g/mol. The van der Waals surface area contributed by atoms with Crippen molar-refractivity contribution >= 4 is 33.3 Å². The summed E-state index contributed by atoms with van der Waals surface area (Å²) >= 11 is 0. The monoisotopic (exact) mass is 696 g/mol. The molecule has 0 saturated heterocycles.